The Bertz CT molecular complexity index is 431. The van der Waals surface area contributed by atoms with E-state index in [4.69, 9.17) is 9.15 Å². The van der Waals surface area contributed by atoms with Crippen molar-refractivity contribution in [3.8, 4) is 0 Å². The van der Waals surface area contributed by atoms with Crippen LogP contribution >= 0.6 is 0 Å². The number of rotatable bonds is 5. The maximum absolute atomic E-state index is 10.4. The van der Waals surface area contributed by atoms with Gasteiger partial charge in [0.15, 0.2) is 0 Å². The van der Waals surface area contributed by atoms with Crippen LogP contribution in [0.5, 0.6) is 0 Å². The van der Waals surface area contributed by atoms with Gasteiger partial charge in [0.05, 0.1) is 12.6 Å². The Balaban J connectivity index is 1.68. The molecule has 2 atom stereocenters. The summed E-state index contributed by atoms with van der Waals surface area (Å²) in [6.07, 6.45) is 5.80. The fourth-order valence-electron chi connectivity index (χ4n) is 3.45. The first-order valence-corrected chi connectivity index (χ1v) is 7.76. The van der Waals surface area contributed by atoms with Gasteiger partial charge in [-0.1, -0.05) is 12.8 Å². The van der Waals surface area contributed by atoms with E-state index in [1.807, 2.05) is 13.0 Å². The summed E-state index contributed by atoms with van der Waals surface area (Å²) < 4.78 is 11.1. The molecule has 2 unspecified atom stereocenters. The van der Waals surface area contributed by atoms with E-state index < -0.39 is 5.60 Å². The van der Waals surface area contributed by atoms with Gasteiger partial charge >= 0.3 is 0 Å². The van der Waals surface area contributed by atoms with E-state index in [1.54, 1.807) is 0 Å². The van der Waals surface area contributed by atoms with Gasteiger partial charge in [0.25, 0.3) is 0 Å². The Morgan fingerprint density at radius 2 is 2.20 bits per heavy atom. The number of aliphatic hydroxyl groups is 1. The second-order valence-electron chi connectivity index (χ2n) is 6.38. The lowest BCUT2D eigenvalue weighted by Crippen LogP contribution is -2.43. The van der Waals surface area contributed by atoms with Gasteiger partial charge in [-0.15, -0.1) is 0 Å². The molecule has 2 fully saturated rings. The molecule has 4 nitrogen and oxygen atoms in total. The third kappa shape index (κ3) is 3.08. The summed E-state index contributed by atoms with van der Waals surface area (Å²) in [5.41, 5.74) is -0.710. The third-order valence-corrected chi connectivity index (χ3v) is 4.67. The minimum Gasteiger partial charge on any atom is -0.465 e. The maximum atomic E-state index is 10.4. The van der Waals surface area contributed by atoms with Gasteiger partial charge in [-0.25, -0.2) is 0 Å². The highest BCUT2D eigenvalue weighted by molar-refractivity contribution is 5.11. The number of hydrogen-bond acceptors (Lipinski definition) is 4. The lowest BCUT2D eigenvalue weighted by Gasteiger charge is -2.28. The molecule has 0 spiro atoms. The zero-order valence-electron chi connectivity index (χ0n) is 12.2. The van der Waals surface area contributed by atoms with Gasteiger partial charge in [0.2, 0.25) is 0 Å². The minimum absolute atomic E-state index is 0.218. The predicted molar refractivity (Wildman–Crippen MR) is 76.5 cm³/mol. The number of nitrogens with one attached hydrogen (secondary N) is 1. The molecular weight excluding hydrogens is 254 g/mol. The van der Waals surface area contributed by atoms with E-state index >= 15 is 0 Å². The summed E-state index contributed by atoms with van der Waals surface area (Å²) in [7, 11) is 0. The van der Waals surface area contributed by atoms with Crippen molar-refractivity contribution in [3.05, 3.63) is 23.7 Å². The Hall–Kier alpha value is -0.840. The number of hydrogen-bond donors (Lipinski definition) is 2. The highest BCUT2D eigenvalue weighted by Crippen LogP contribution is 2.36. The number of aryl methyl sites for hydroxylation is 1. The van der Waals surface area contributed by atoms with Crippen molar-refractivity contribution in [2.75, 3.05) is 19.8 Å². The minimum atomic E-state index is -0.710. The lowest BCUT2D eigenvalue weighted by atomic mass is 9.94. The molecule has 0 aromatic carbocycles. The Kier molecular flexibility index (Phi) is 4.15. The summed E-state index contributed by atoms with van der Waals surface area (Å²) in [5.74, 6) is 2.58. The molecule has 1 aromatic heterocycles. The van der Waals surface area contributed by atoms with Gasteiger partial charge in [-0.05, 0) is 37.8 Å². The van der Waals surface area contributed by atoms with Crippen LogP contribution in [0, 0.1) is 12.8 Å². The van der Waals surface area contributed by atoms with E-state index in [1.165, 1.54) is 25.7 Å². The number of ether oxygens (including phenoxy) is 1. The second-order valence-corrected chi connectivity index (χ2v) is 6.38. The maximum Gasteiger partial charge on any atom is 0.121 e. The molecule has 1 saturated carbocycles. The van der Waals surface area contributed by atoms with Crippen molar-refractivity contribution in [3.63, 3.8) is 0 Å². The standard InChI is InChI=1S/C16H25NO3/c1-12-6-7-14(20-12)15(13-4-2-3-5-13)17-10-16(18)8-9-19-11-16/h6-7,13,15,17-18H,2-5,8-11H2,1H3. The van der Waals surface area contributed by atoms with Crippen LogP contribution in [-0.2, 0) is 4.74 Å². The third-order valence-electron chi connectivity index (χ3n) is 4.67. The van der Waals surface area contributed by atoms with Crippen LogP contribution < -0.4 is 5.32 Å². The molecule has 112 valence electrons. The molecular formula is C16H25NO3. The molecule has 0 radical (unpaired) electrons. The summed E-state index contributed by atoms with van der Waals surface area (Å²) in [4.78, 5) is 0. The number of furan rings is 1. The molecule has 3 rings (SSSR count). The Morgan fingerprint density at radius 1 is 1.40 bits per heavy atom. The van der Waals surface area contributed by atoms with E-state index in [2.05, 4.69) is 11.4 Å². The summed E-state index contributed by atoms with van der Waals surface area (Å²) in [6.45, 7) is 3.65. The highest BCUT2D eigenvalue weighted by Gasteiger charge is 2.35. The van der Waals surface area contributed by atoms with E-state index in [9.17, 15) is 5.11 Å². The van der Waals surface area contributed by atoms with Crippen LogP contribution in [0.15, 0.2) is 16.5 Å². The van der Waals surface area contributed by atoms with Crippen molar-refractivity contribution in [2.24, 2.45) is 5.92 Å². The SMILES string of the molecule is Cc1ccc(C(NCC2(O)CCOC2)C2CCCC2)o1. The Labute approximate surface area is 120 Å². The van der Waals surface area contributed by atoms with Crippen molar-refractivity contribution in [1.82, 2.24) is 5.32 Å². The smallest absolute Gasteiger partial charge is 0.121 e. The van der Waals surface area contributed by atoms with Gasteiger partial charge in [-0.3, -0.25) is 0 Å². The van der Waals surface area contributed by atoms with Gasteiger partial charge in [0, 0.05) is 19.6 Å². The van der Waals surface area contributed by atoms with Gasteiger partial charge in [-0.2, -0.15) is 0 Å². The van der Waals surface area contributed by atoms with Crippen LogP contribution in [0.2, 0.25) is 0 Å². The first-order valence-electron chi connectivity index (χ1n) is 7.76. The summed E-state index contributed by atoms with van der Waals surface area (Å²) in [6, 6.07) is 4.31. The Morgan fingerprint density at radius 3 is 2.80 bits per heavy atom. The first kappa shape index (κ1) is 14.1. The van der Waals surface area contributed by atoms with Crippen LogP contribution in [0.3, 0.4) is 0 Å². The topological polar surface area (TPSA) is 54.6 Å². The molecule has 1 aliphatic heterocycles. The summed E-state index contributed by atoms with van der Waals surface area (Å²) in [5, 5.41) is 14.0. The monoisotopic (exact) mass is 279 g/mol. The van der Waals surface area contributed by atoms with Crippen molar-refractivity contribution in [2.45, 2.75) is 50.7 Å². The molecule has 1 aromatic rings. The van der Waals surface area contributed by atoms with E-state index in [0.717, 1.165) is 11.5 Å². The highest BCUT2D eigenvalue weighted by atomic mass is 16.5. The quantitative estimate of drug-likeness (QED) is 0.870. The molecule has 0 amide bonds. The fraction of sp³-hybridized carbons (Fsp3) is 0.750. The molecule has 2 N–H and O–H groups in total. The van der Waals surface area contributed by atoms with Crippen LogP contribution in [0.25, 0.3) is 0 Å². The predicted octanol–water partition coefficient (Wildman–Crippen LogP) is 2.56. The zero-order valence-corrected chi connectivity index (χ0v) is 12.2. The van der Waals surface area contributed by atoms with Gasteiger partial charge < -0.3 is 19.6 Å². The van der Waals surface area contributed by atoms with Crippen molar-refractivity contribution >= 4 is 0 Å². The average Bonchev–Trinajstić information content (AvgIpc) is 3.13. The van der Waals surface area contributed by atoms with Crippen molar-refractivity contribution < 1.29 is 14.3 Å². The van der Waals surface area contributed by atoms with Crippen molar-refractivity contribution in [1.29, 1.82) is 0 Å². The van der Waals surface area contributed by atoms with Crippen LogP contribution in [-0.4, -0.2) is 30.5 Å². The first-order chi connectivity index (χ1) is 9.66. The van der Waals surface area contributed by atoms with E-state index in [0.29, 0.717) is 32.1 Å². The van der Waals surface area contributed by atoms with E-state index in [-0.39, 0.29) is 6.04 Å². The molecule has 2 heterocycles. The molecule has 0 bridgehead atoms. The van der Waals surface area contributed by atoms with Crippen LogP contribution in [0.4, 0.5) is 0 Å². The lowest BCUT2D eigenvalue weighted by molar-refractivity contribution is 0.0222. The molecule has 4 heteroatoms. The van der Waals surface area contributed by atoms with Crippen LogP contribution in [0.1, 0.15) is 49.7 Å². The zero-order chi connectivity index (χ0) is 14.0. The average molecular weight is 279 g/mol. The largest absolute Gasteiger partial charge is 0.465 e. The molecule has 1 aliphatic carbocycles. The molecule has 2 aliphatic rings. The molecule has 20 heavy (non-hydrogen) atoms. The normalized spacial score (nSPS) is 29.1. The van der Waals surface area contributed by atoms with Gasteiger partial charge in [0.1, 0.15) is 17.1 Å². The summed E-state index contributed by atoms with van der Waals surface area (Å²) >= 11 is 0. The second kappa shape index (κ2) is 5.88. The molecule has 1 saturated heterocycles. The fourth-order valence-corrected chi connectivity index (χ4v) is 3.45.